The number of Topliss-reactive ketones (excluding diaryl/α,β-unsaturated/α-hetero) is 1. The molecule has 3 aromatic rings. The van der Waals surface area contributed by atoms with Crippen LogP contribution in [0.2, 0.25) is 0 Å². The molecule has 1 saturated carbocycles. The van der Waals surface area contributed by atoms with Crippen molar-refractivity contribution in [2.75, 3.05) is 26.5 Å². The first-order valence-electron chi connectivity index (χ1n) is 12.5. The van der Waals surface area contributed by atoms with Crippen LogP contribution in [-0.2, 0) is 26.7 Å². The molecule has 3 aromatic carbocycles. The van der Waals surface area contributed by atoms with Crippen molar-refractivity contribution < 1.29 is 27.8 Å². The van der Waals surface area contributed by atoms with Crippen LogP contribution in [0.4, 0.5) is 0 Å². The first kappa shape index (κ1) is 25.4. The standard InChI is InChI=1S/C29H31NO6S/c1-3-30(14-15-31)37(33,34)24-9-6-22(7-10-24)25-16-21(5-4-20(25)2)17-28(32)29(12-13-29)23-8-11-26-27(18-23)36-19-35-26/h4-11,16,18,31H,3,12-15,17,19H2,1-2H3. The predicted octanol–water partition coefficient (Wildman–Crippen LogP) is 4.24. The number of aryl methyl sites for hydroxylation is 1. The summed E-state index contributed by atoms with van der Waals surface area (Å²) in [6.45, 7) is 4.07. The number of sulfonamides is 1. The number of benzene rings is 3. The number of hydrogen-bond acceptors (Lipinski definition) is 6. The molecule has 194 valence electrons. The van der Waals surface area contributed by atoms with Crippen molar-refractivity contribution in [2.24, 2.45) is 0 Å². The van der Waals surface area contributed by atoms with Crippen molar-refractivity contribution in [2.45, 2.75) is 43.4 Å². The highest BCUT2D eigenvalue weighted by atomic mass is 32.2. The van der Waals surface area contributed by atoms with E-state index < -0.39 is 15.4 Å². The molecule has 0 spiro atoms. The van der Waals surface area contributed by atoms with Gasteiger partial charge in [0.2, 0.25) is 16.8 Å². The molecule has 0 aromatic heterocycles. The smallest absolute Gasteiger partial charge is 0.243 e. The minimum Gasteiger partial charge on any atom is -0.454 e. The van der Waals surface area contributed by atoms with Crippen molar-refractivity contribution >= 4 is 15.8 Å². The van der Waals surface area contributed by atoms with Gasteiger partial charge in [-0.1, -0.05) is 43.3 Å². The van der Waals surface area contributed by atoms with Gasteiger partial charge in [-0.25, -0.2) is 8.42 Å². The molecule has 1 fully saturated rings. The van der Waals surface area contributed by atoms with E-state index in [1.54, 1.807) is 31.2 Å². The summed E-state index contributed by atoms with van der Waals surface area (Å²) in [5, 5.41) is 9.20. The first-order chi connectivity index (χ1) is 17.8. The fraction of sp³-hybridized carbons (Fsp3) is 0.345. The second kappa shape index (κ2) is 9.93. The van der Waals surface area contributed by atoms with E-state index in [2.05, 4.69) is 0 Å². The van der Waals surface area contributed by atoms with Crippen molar-refractivity contribution in [1.29, 1.82) is 0 Å². The average Bonchev–Trinajstić information content (AvgIpc) is 3.59. The lowest BCUT2D eigenvalue weighted by atomic mass is 9.87. The second-order valence-corrected chi connectivity index (χ2v) is 11.6. The monoisotopic (exact) mass is 521 g/mol. The van der Waals surface area contributed by atoms with E-state index in [-0.39, 0.29) is 37.2 Å². The van der Waals surface area contributed by atoms with Gasteiger partial charge >= 0.3 is 0 Å². The molecule has 7 nitrogen and oxygen atoms in total. The zero-order valence-electron chi connectivity index (χ0n) is 21.1. The van der Waals surface area contributed by atoms with Crippen LogP contribution >= 0.6 is 0 Å². The third kappa shape index (κ3) is 4.77. The average molecular weight is 522 g/mol. The summed E-state index contributed by atoms with van der Waals surface area (Å²) in [4.78, 5) is 13.7. The number of nitrogens with zero attached hydrogens (tertiary/aromatic N) is 1. The third-order valence-electron chi connectivity index (χ3n) is 7.38. The Balaban J connectivity index is 1.36. The van der Waals surface area contributed by atoms with Gasteiger partial charge in [0, 0.05) is 19.5 Å². The van der Waals surface area contributed by atoms with E-state index >= 15 is 0 Å². The van der Waals surface area contributed by atoms with Crippen LogP contribution in [0.3, 0.4) is 0 Å². The molecule has 0 bridgehead atoms. The summed E-state index contributed by atoms with van der Waals surface area (Å²) in [6, 6.07) is 18.6. The highest BCUT2D eigenvalue weighted by Crippen LogP contribution is 2.51. The maximum atomic E-state index is 13.5. The molecule has 8 heteroatoms. The quantitative estimate of drug-likeness (QED) is 0.429. The van der Waals surface area contributed by atoms with Crippen LogP contribution in [0.15, 0.2) is 65.6 Å². The van der Waals surface area contributed by atoms with Gasteiger partial charge < -0.3 is 14.6 Å². The van der Waals surface area contributed by atoms with Gasteiger partial charge in [-0.15, -0.1) is 0 Å². The molecular formula is C29H31NO6S. The van der Waals surface area contributed by atoms with Crippen LogP contribution in [0, 0.1) is 6.92 Å². The summed E-state index contributed by atoms with van der Waals surface area (Å²) >= 11 is 0. The number of aliphatic hydroxyl groups excluding tert-OH is 1. The van der Waals surface area contributed by atoms with E-state index in [9.17, 15) is 18.3 Å². The molecule has 0 unspecified atom stereocenters. The summed E-state index contributed by atoms with van der Waals surface area (Å²) in [5.74, 6) is 1.59. The van der Waals surface area contributed by atoms with E-state index in [1.807, 2.05) is 43.3 Å². The van der Waals surface area contributed by atoms with Crippen molar-refractivity contribution in [3.8, 4) is 22.6 Å². The molecule has 1 aliphatic carbocycles. The molecule has 5 rings (SSSR count). The number of carbonyl (C=O) groups excluding carboxylic acids is 1. The summed E-state index contributed by atoms with van der Waals surface area (Å²) in [5.41, 5.74) is 4.32. The molecule has 1 N–H and O–H groups in total. The Labute approximate surface area is 217 Å². The van der Waals surface area contributed by atoms with Crippen LogP contribution < -0.4 is 9.47 Å². The van der Waals surface area contributed by atoms with Crippen molar-refractivity contribution in [1.82, 2.24) is 4.31 Å². The number of aliphatic hydroxyl groups is 1. The lowest BCUT2D eigenvalue weighted by molar-refractivity contribution is -0.120. The Morgan fingerprint density at radius 3 is 2.41 bits per heavy atom. The largest absolute Gasteiger partial charge is 0.454 e. The van der Waals surface area contributed by atoms with E-state index in [0.29, 0.717) is 17.9 Å². The molecular weight excluding hydrogens is 490 g/mol. The Morgan fingerprint density at radius 2 is 1.73 bits per heavy atom. The maximum absolute atomic E-state index is 13.5. The number of carbonyl (C=O) groups is 1. The van der Waals surface area contributed by atoms with Crippen LogP contribution in [0.5, 0.6) is 11.5 Å². The molecule has 1 aliphatic heterocycles. The lowest BCUT2D eigenvalue weighted by Gasteiger charge is -2.19. The first-order valence-corrected chi connectivity index (χ1v) is 14.0. The fourth-order valence-corrected chi connectivity index (χ4v) is 6.45. The highest BCUT2D eigenvalue weighted by Gasteiger charge is 2.50. The summed E-state index contributed by atoms with van der Waals surface area (Å²) in [6.07, 6.45) is 1.97. The van der Waals surface area contributed by atoms with Gasteiger partial charge in [-0.3, -0.25) is 4.79 Å². The predicted molar refractivity (Wildman–Crippen MR) is 140 cm³/mol. The fourth-order valence-electron chi connectivity index (χ4n) is 5.01. The number of likely N-dealkylation sites (N-methyl/N-ethyl adjacent to an activating group) is 1. The Kier molecular flexibility index (Phi) is 6.83. The normalized spacial score (nSPS) is 15.7. The molecule has 0 amide bonds. The Hall–Kier alpha value is -3.20. The molecule has 37 heavy (non-hydrogen) atoms. The maximum Gasteiger partial charge on any atom is 0.243 e. The van der Waals surface area contributed by atoms with Gasteiger partial charge in [0.25, 0.3) is 0 Å². The third-order valence-corrected chi connectivity index (χ3v) is 9.37. The van der Waals surface area contributed by atoms with Crippen molar-refractivity contribution in [3.63, 3.8) is 0 Å². The van der Waals surface area contributed by atoms with Gasteiger partial charge in [-0.05, 0) is 71.8 Å². The number of rotatable bonds is 10. The minimum atomic E-state index is -3.67. The summed E-state index contributed by atoms with van der Waals surface area (Å²) in [7, 11) is -3.67. The second-order valence-electron chi connectivity index (χ2n) is 9.64. The van der Waals surface area contributed by atoms with E-state index in [4.69, 9.17) is 9.47 Å². The van der Waals surface area contributed by atoms with Gasteiger partial charge in [0.05, 0.1) is 16.9 Å². The molecule has 1 heterocycles. The minimum absolute atomic E-state index is 0.0590. The molecule has 2 aliphatic rings. The molecule has 0 saturated heterocycles. The van der Waals surface area contributed by atoms with E-state index in [0.717, 1.165) is 40.7 Å². The molecule has 0 radical (unpaired) electrons. The number of ketones is 1. The number of hydrogen-bond donors (Lipinski definition) is 1. The van der Waals surface area contributed by atoms with Crippen molar-refractivity contribution in [3.05, 3.63) is 77.4 Å². The molecule has 0 atom stereocenters. The Morgan fingerprint density at radius 1 is 1.00 bits per heavy atom. The van der Waals surface area contributed by atoms with Crippen LogP contribution in [-0.4, -0.2) is 50.1 Å². The van der Waals surface area contributed by atoms with Gasteiger partial charge in [-0.2, -0.15) is 4.31 Å². The van der Waals surface area contributed by atoms with Crippen LogP contribution in [0.25, 0.3) is 11.1 Å². The highest BCUT2D eigenvalue weighted by molar-refractivity contribution is 7.89. The van der Waals surface area contributed by atoms with Gasteiger partial charge in [0.1, 0.15) is 5.78 Å². The van der Waals surface area contributed by atoms with Crippen LogP contribution in [0.1, 0.15) is 36.5 Å². The van der Waals surface area contributed by atoms with Gasteiger partial charge in [0.15, 0.2) is 11.5 Å². The topological polar surface area (TPSA) is 93.1 Å². The number of ether oxygens (including phenoxy) is 2. The van der Waals surface area contributed by atoms with E-state index in [1.165, 1.54) is 4.31 Å². The zero-order valence-corrected chi connectivity index (χ0v) is 21.9. The number of fused-ring (bicyclic) bond motifs is 1. The SMILES string of the molecule is CCN(CCO)S(=O)(=O)c1ccc(-c2cc(CC(=O)C3(c4ccc5c(c4)OCO5)CC3)ccc2C)cc1. The lowest BCUT2D eigenvalue weighted by Crippen LogP contribution is -2.33. The zero-order chi connectivity index (χ0) is 26.2. The Bertz CT molecular complexity index is 1430. The summed E-state index contributed by atoms with van der Waals surface area (Å²) < 4.78 is 38.0.